The van der Waals surface area contributed by atoms with Crippen LogP contribution in [0.25, 0.3) is 0 Å². The summed E-state index contributed by atoms with van der Waals surface area (Å²) in [6.45, 7) is 1.99. The molecule has 1 atom stereocenters. The zero-order valence-corrected chi connectivity index (χ0v) is 11.8. The van der Waals surface area contributed by atoms with Crippen LogP contribution < -0.4 is 11.1 Å². The van der Waals surface area contributed by atoms with E-state index in [1.54, 1.807) is 24.3 Å². The Balaban J connectivity index is 2.01. The Morgan fingerprint density at radius 3 is 2.57 bits per heavy atom. The first-order valence-corrected chi connectivity index (χ1v) is 6.74. The van der Waals surface area contributed by atoms with Gasteiger partial charge in [-0.15, -0.1) is 0 Å². The minimum atomic E-state index is -0.109. The maximum atomic E-state index is 12.1. The van der Waals surface area contributed by atoms with Gasteiger partial charge in [0.15, 0.2) is 0 Å². The number of hydrogen-bond donors (Lipinski definition) is 2. The molecule has 21 heavy (non-hydrogen) atoms. The van der Waals surface area contributed by atoms with E-state index in [0.29, 0.717) is 23.4 Å². The van der Waals surface area contributed by atoms with E-state index in [1.165, 1.54) is 0 Å². The summed E-state index contributed by atoms with van der Waals surface area (Å²) in [7, 11) is 0. The Morgan fingerprint density at radius 1 is 1.24 bits per heavy atom. The molecule has 106 valence electrons. The van der Waals surface area contributed by atoms with Crippen LogP contribution in [0, 0.1) is 11.3 Å². The van der Waals surface area contributed by atoms with Gasteiger partial charge in [0.25, 0.3) is 0 Å². The number of nitrogens with zero attached hydrogens (tertiary/aromatic N) is 1. The van der Waals surface area contributed by atoms with Gasteiger partial charge in [-0.3, -0.25) is 4.79 Å². The molecule has 0 spiro atoms. The third kappa shape index (κ3) is 3.83. The number of rotatable bonds is 4. The SMILES string of the molecule is CC(CC(=O)Nc1ccccc1C#N)c1ccc(N)cc1. The summed E-state index contributed by atoms with van der Waals surface area (Å²) < 4.78 is 0. The maximum absolute atomic E-state index is 12.1. The van der Waals surface area contributed by atoms with Crippen molar-refractivity contribution in [2.75, 3.05) is 11.1 Å². The van der Waals surface area contributed by atoms with Crippen molar-refractivity contribution in [2.45, 2.75) is 19.3 Å². The normalized spacial score (nSPS) is 11.4. The summed E-state index contributed by atoms with van der Waals surface area (Å²) in [5, 5.41) is 11.8. The molecule has 0 aliphatic rings. The number of amides is 1. The molecular formula is C17H17N3O. The number of nitrogens with two attached hydrogens (primary N) is 1. The van der Waals surface area contributed by atoms with Crippen LogP contribution in [0.15, 0.2) is 48.5 Å². The van der Waals surface area contributed by atoms with Crippen molar-refractivity contribution in [3.8, 4) is 6.07 Å². The number of nitrogen functional groups attached to an aromatic ring is 1. The standard InChI is InChI=1S/C17H17N3O/c1-12(13-6-8-15(19)9-7-13)10-17(21)20-16-5-3-2-4-14(16)11-18/h2-9,12H,10,19H2,1H3,(H,20,21). The lowest BCUT2D eigenvalue weighted by Crippen LogP contribution is -2.15. The first-order valence-electron chi connectivity index (χ1n) is 6.74. The van der Waals surface area contributed by atoms with Crippen LogP contribution in [0.2, 0.25) is 0 Å². The highest BCUT2D eigenvalue weighted by atomic mass is 16.1. The highest BCUT2D eigenvalue weighted by molar-refractivity contribution is 5.92. The van der Waals surface area contributed by atoms with Gasteiger partial charge >= 0.3 is 0 Å². The third-order valence-corrected chi connectivity index (χ3v) is 3.32. The molecule has 2 aromatic carbocycles. The Kier molecular flexibility index (Phi) is 4.57. The molecule has 0 bridgehead atoms. The summed E-state index contributed by atoms with van der Waals surface area (Å²) in [6, 6.07) is 16.5. The van der Waals surface area contributed by atoms with Gasteiger partial charge in [0, 0.05) is 12.1 Å². The third-order valence-electron chi connectivity index (χ3n) is 3.32. The number of benzene rings is 2. The lowest BCUT2D eigenvalue weighted by Gasteiger charge is -2.13. The number of nitriles is 1. The van der Waals surface area contributed by atoms with Gasteiger partial charge in [-0.05, 0) is 35.7 Å². The molecule has 0 aliphatic heterocycles. The van der Waals surface area contributed by atoms with Crippen molar-refractivity contribution >= 4 is 17.3 Å². The van der Waals surface area contributed by atoms with Gasteiger partial charge < -0.3 is 11.1 Å². The minimum Gasteiger partial charge on any atom is -0.399 e. The number of nitrogens with one attached hydrogen (secondary N) is 1. The fraction of sp³-hybridized carbons (Fsp3) is 0.176. The second-order valence-corrected chi connectivity index (χ2v) is 4.98. The fourth-order valence-electron chi connectivity index (χ4n) is 2.11. The molecule has 0 saturated carbocycles. The Labute approximate surface area is 124 Å². The lowest BCUT2D eigenvalue weighted by molar-refractivity contribution is -0.116. The highest BCUT2D eigenvalue weighted by Gasteiger charge is 2.12. The van der Waals surface area contributed by atoms with Crippen LogP contribution in [0.3, 0.4) is 0 Å². The molecule has 0 heterocycles. The molecule has 2 rings (SSSR count). The molecule has 0 fully saturated rings. The molecule has 0 saturated heterocycles. The average Bonchev–Trinajstić information content (AvgIpc) is 2.48. The predicted molar refractivity (Wildman–Crippen MR) is 83.7 cm³/mol. The number of hydrogen-bond acceptors (Lipinski definition) is 3. The van der Waals surface area contributed by atoms with E-state index in [4.69, 9.17) is 11.0 Å². The molecule has 1 unspecified atom stereocenters. The van der Waals surface area contributed by atoms with Crippen LogP contribution in [-0.4, -0.2) is 5.91 Å². The molecule has 4 heteroatoms. The number of anilines is 2. The van der Waals surface area contributed by atoms with Gasteiger partial charge in [0.1, 0.15) is 6.07 Å². The monoisotopic (exact) mass is 279 g/mol. The van der Waals surface area contributed by atoms with Gasteiger partial charge in [-0.2, -0.15) is 5.26 Å². The molecule has 0 aliphatic carbocycles. The summed E-state index contributed by atoms with van der Waals surface area (Å²) in [6.07, 6.45) is 0.351. The van der Waals surface area contributed by atoms with Gasteiger partial charge in [0.05, 0.1) is 11.3 Å². The number of carbonyl (C=O) groups is 1. The second kappa shape index (κ2) is 6.58. The van der Waals surface area contributed by atoms with Crippen molar-refractivity contribution in [1.29, 1.82) is 5.26 Å². The number of para-hydroxylation sites is 1. The van der Waals surface area contributed by atoms with E-state index < -0.39 is 0 Å². The van der Waals surface area contributed by atoms with Crippen molar-refractivity contribution < 1.29 is 4.79 Å². The quantitative estimate of drug-likeness (QED) is 0.843. The molecule has 0 radical (unpaired) electrons. The summed E-state index contributed by atoms with van der Waals surface area (Å²) in [5.41, 5.74) is 8.44. The highest BCUT2D eigenvalue weighted by Crippen LogP contribution is 2.21. The van der Waals surface area contributed by atoms with Crippen LogP contribution in [0.4, 0.5) is 11.4 Å². The van der Waals surface area contributed by atoms with E-state index in [0.717, 1.165) is 5.56 Å². The molecule has 4 nitrogen and oxygen atoms in total. The first kappa shape index (κ1) is 14.6. The van der Waals surface area contributed by atoms with Crippen LogP contribution >= 0.6 is 0 Å². The van der Waals surface area contributed by atoms with Crippen LogP contribution in [0.5, 0.6) is 0 Å². The lowest BCUT2D eigenvalue weighted by atomic mass is 9.97. The van der Waals surface area contributed by atoms with Crippen molar-refractivity contribution in [3.05, 3.63) is 59.7 Å². The molecular weight excluding hydrogens is 262 g/mol. The van der Waals surface area contributed by atoms with E-state index in [1.807, 2.05) is 31.2 Å². The molecule has 0 aromatic heterocycles. The molecule has 1 amide bonds. The summed E-state index contributed by atoms with van der Waals surface area (Å²) in [4.78, 5) is 12.1. The molecule has 2 aromatic rings. The first-order chi connectivity index (χ1) is 10.1. The van der Waals surface area contributed by atoms with Gasteiger partial charge in [0.2, 0.25) is 5.91 Å². The Morgan fingerprint density at radius 2 is 1.90 bits per heavy atom. The van der Waals surface area contributed by atoms with Crippen molar-refractivity contribution in [3.63, 3.8) is 0 Å². The van der Waals surface area contributed by atoms with Gasteiger partial charge in [-0.25, -0.2) is 0 Å². The average molecular weight is 279 g/mol. The summed E-state index contributed by atoms with van der Waals surface area (Å²) in [5.74, 6) is -0.0260. The largest absolute Gasteiger partial charge is 0.399 e. The smallest absolute Gasteiger partial charge is 0.225 e. The van der Waals surface area contributed by atoms with Gasteiger partial charge in [-0.1, -0.05) is 31.2 Å². The summed E-state index contributed by atoms with van der Waals surface area (Å²) >= 11 is 0. The van der Waals surface area contributed by atoms with E-state index in [-0.39, 0.29) is 11.8 Å². The topological polar surface area (TPSA) is 78.9 Å². The second-order valence-electron chi connectivity index (χ2n) is 4.98. The number of carbonyl (C=O) groups excluding carboxylic acids is 1. The van der Waals surface area contributed by atoms with E-state index >= 15 is 0 Å². The van der Waals surface area contributed by atoms with Crippen molar-refractivity contribution in [1.82, 2.24) is 0 Å². The Bertz CT molecular complexity index is 671. The van der Waals surface area contributed by atoms with E-state index in [9.17, 15) is 4.79 Å². The maximum Gasteiger partial charge on any atom is 0.225 e. The fourth-order valence-corrected chi connectivity index (χ4v) is 2.11. The van der Waals surface area contributed by atoms with E-state index in [2.05, 4.69) is 11.4 Å². The zero-order valence-electron chi connectivity index (χ0n) is 11.8. The zero-order chi connectivity index (χ0) is 15.2. The van der Waals surface area contributed by atoms with Crippen LogP contribution in [-0.2, 0) is 4.79 Å². The Hall–Kier alpha value is -2.80. The predicted octanol–water partition coefficient (Wildman–Crippen LogP) is 3.27. The molecule has 3 N–H and O–H groups in total. The van der Waals surface area contributed by atoms with Crippen molar-refractivity contribution in [2.24, 2.45) is 0 Å². The minimum absolute atomic E-state index is 0.0832. The van der Waals surface area contributed by atoms with Crippen LogP contribution in [0.1, 0.15) is 30.4 Å².